The first-order valence-electron chi connectivity index (χ1n) is 11.4. The van der Waals surface area contributed by atoms with E-state index < -0.39 is 5.66 Å². The van der Waals surface area contributed by atoms with Crippen LogP contribution in [0.3, 0.4) is 0 Å². The predicted octanol–water partition coefficient (Wildman–Crippen LogP) is 2.82. The Bertz CT molecular complexity index is 1130. The monoisotopic (exact) mass is 447 g/mol. The van der Waals surface area contributed by atoms with E-state index in [9.17, 15) is 9.59 Å². The number of benzene rings is 1. The molecule has 0 spiro atoms. The number of fused-ring (bicyclic) bond motifs is 2. The van der Waals surface area contributed by atoms with Gasteiger partial charge in [-0.2, -0.15) is 0 Å². The minimum atomic E-state index is -0.931. The average Bonchev–Trinajstić information content (AvgIpc) is 3.58. The zero-order chi connectivity index (χ0) is 23.2. The highest BCUT2D eigenvalue weighted by atomic mass is 16.6. The third kappa shape index (κ3) is 3.23. The standard InChI is InChI=1S/C25H29N5O3/c1-18(19(2)26-33-3)23(31)29-15-16-30-24(32)22-7-6-14-28(22)17-25(29,30)20-8-10-21(11-9-20)27-12-4-5-13-27/h6-11,14H,1,4-5,12-13,15-17H2,2-3H3/b26-19-. The lowest BCUT2D eigenvalue weighted by Crippen LogP contribution is -2.60. The number of aromatic nitrogens is 1. The van der Waals surface area contributed by atoms with E-state index in [0.717, 1.165) is 18.7 Å². The summed E-state index contributed by atoms with van der Waals surface area (Å²) in [6.07, 6.45) is 4.31. The van der Waals surface area contributed by atoms with Crippen LogP contribution in [-0.4, -0.2) is 65.2 Å². The summed E-state index contributed by atoms with van der Waals surface area (Å²) in [5.41, 5.74) is 2.48. The summed E-state index contributed by atoms with van der Waals surface area (Å²) < 4.78 is 1.94. The molecule has 1 atom stereocenters. The maximum absolute atomic E-state index is 13.7. The molecule has 2 aromatic rings. The van der Waals surface area contributed by atoms with Crippen molar-refractivity contribution in [1.29, 1.82) is 0 Å². The average molecular weight is 448 g/mol. The molecule has 2 amide bonds. The fourth-order valence-corrected chi connectivity index (χ4v) is 5.37. The molecule has 172 valence electrons. The second-order valence-corrected chi connectivity index (χ2v) is 8.83. The van der Waals surface area contributed by atoms with Gasteiger partial charge in [-0.05, 0) is 44.0 Å². The van der Waals surface area contributed by atoms with Crippen LogP contribution in [0.25, 0.3) is 0 Å². The second-order valence-electron chi connectivity index (χ2n) is 8.83. The first-order valence-corrected chi connectivity index (χ1v) is 11.4. The van der Waals surface area contributed by atoms with E-state index in [-0.39, 0.29) is 17.4 Å². The first kappa shape index (κ1) is 21.3. The summed E-state index contributed by atoms with van der Waals surface area (Å²) in [4.78, 5) is 38.0. The van der Waals surface area contributed by atoms with E-state index in [4.69, 9.17) is 4.84 Å². The van der Waals surface area contributed by atoms with E-state index >= 15 is 0 Å². The number of hydrogen-bond acceptors (Lipinski definition) is 5. The Morgan fingerprint density at radius 2 is 1.82 bits per heavy atom. The number of oxime groups is 1. The Kier molecular flexibility index (Phi) is 5.23. The molecule has 4 heterocycles. The lowest BCUT2D eigenvalue weighted by atomic mass is 9.93. The molecule has 8 nitrogen and oxygen atoms in total. The molecule has 2 saturated heterocycles. The van der Waals surface area contributed by atoms with Crippen LogP contribution in [0.2, 0.25) is 0 Å². The fourth-order valence-electron chi connectivity index (χ4n) is 5.37. The van der Waals surface area contributed by atoms with Gasteiger partial charge >= 0.3 is 0 Å². The molecule has 1 aromatic heterocycles. The van der Waals surface area contributed by atoms with Gasteiger partial charge in [0.1, 0.15) is 12.8 Å². The highest BCUT2D eigenvalue weighted by Crippen LogP contribution is 2.44. The normalized spacial score (nSPS) is 22.4. The molecule has 0 saturated carbocycles. The van der Waals surface area contributed by atoms with Gasteiger partial charge in [0.05, 0.1) is 17.8 Å². The van der Waals surface area contributed by atoms with Gasteiger partial charge in [0.15, 0.2) is 5.66 Å². The van der Waals surface area contributed by atoms with Crippen molar-refractivity contribution >= 4 is 23.2 Å². The number of anilines is 1. The van der Waals surface area contributed by atoms with Crippen molar-refractivity contribution in [3.63, 3.8) is 0 Å². The van der Waals surface area contributed by atoms with Crippen molar-refractivity contribution in [2.75, 3.05) is 38.2 Å². The SMILES string of the molecule is C=C(C(=O)N1CCN2C(=O)c3cccn3CC12c1ccc(N2CCCC2)cc1)/C(C)=N\OC. The molecule has 5 rings (SSSR count). The van der Waals surface area contributed by atoms with Gasteiger partial charge in [-0.15, -0.1) is 0 Å². The van der Waals surface area contributed by atoms with Crippen molar-refractivity contribution in [2.24, 2.45) is 5.16 Å². The van der Waals surface area contributed by atoms with Gasteiger partial charge in [-0.3, -0.25) is 9.59 Å². The van der Waals surface area contributed by atoms with Gasteiger partial charge in [-0.1, -0.05) is 23.9 Å². The number of nitrogens with zero attached hydrogens (tertiary/aromatic N) is 5. The number of carbonyl (C=O) groups excluding carboxylic acids is 2. The molecular formula is C25H29N5O3. The van der Waals surface area contributed by atoms with Crippen LogP contribution in [0.4, 0.5) is 5.69 Å². The summed E-state index contributed by atoms with van der Waals surface area (Å²) in [6.45, 7) is 9.14. The minimum absolute atomic E-state index is 0.0712. The largest absolute Gasteiger partial charge is 0.399 e. The van der Waals surface area contributed by atoms with Gasteiger partial charge in [0.2, 0.25) is 0 Å². The minimum Gasteiger partial charge on any atom is -0.399 e. The molecule has 1 unspecified atom stereocenters. The third-order valence-corrected chi connectivity index (χ3v) is 7.09. The lowest BCUT2D eigenvalue weighted by Gasteiger charge is -2.47. The molecule has 3 aliphatic heterocycles. The molecular weight excluding hydrogens is 418 g/mol. The van der Waals surface area contributed by atoms with Gasteiger partial charge < -0.3 is 24.1 Å². The quantitative estimate of drug-likeness (QED) is 0.402. The highest BCUT2D eigenvalue weighted by Gasteiger charge is 2.56. The smallest absolute Gasteiger partial charge is 0.272 e. The highest BCUT2D eigenvalue weighted by molar-refractivity contribution is 6.20. The van der Waals surface area contributed by atoms with E-state index in [0.29, 0.717) is 31.0 Å². The zero-order valence-corrected chi connectivity index (χ0v) is 19.2. The fraction of sp³-hybridized carbons (Fsp3) is 0.400. The van der Waals surface area contributed by atoms with Crippen LogP contribution >= 0.6 is 0 Å². The predicted molar refractivity (Wildman–Crippen MR) is 126 cm³/mol. The molecule has 0 N–H and O–H groups in total. The number of hydrogen-bond donors (Lipinski definition) is 0. The maximum atomic E-state index is 13.7. The van der Waals surface area contributed by atoms with Gasteiger partial charge in [-0.25, -0.2) is 0 Å². The Balaban J connectivity index is 1.59. The second kappa shape index (κ2) is 8.10. The number of rotatable bonds is 5. The van der Waals surface area contributed by atoms with Crippen molar-refractivity contribution in [3.05, 3.63) is 66.0 Å². The first-order chi connectivity index (χ1) is 16.0. The summed E-state index contributed by atoms with van der Waals surface area (Å²) in [7, 11) is 1.44. The molecule has 0 radical (unpaired) electrons. The van der Waals surface area contributed by atoms with E-state index in [1.165, 1.54) is 25.6 Å². The summed E-state index contributed by atoms with van der Waals surface area (Å²) in [5.74, 6) is -0.319. The van der Waals surface area contributed by atoms with Gasteiger partial charge in [0, 0.05) is 43.6 Å². The van der Waals surface area contributed by atoms with Crippen molar-refractivity contribution in [3.8, 4) is 0 Å². The number of carbonyl (C=O) groups is 2. The molecule has 0 aliphatic carbocycles. The van der Waals surface area contributed by atoms with Crippen LogP contribution in [-0.2, 0) is 21.8 Å². The lowest BCUT2D eigenvalue weighted by molar-refractivity contribution is -0.135. The Morgan fingerprint density at radius 3 is 2.52 bits per heavy atom. The summed E-state index contributed by atoms with van der Waals surface area (Å²) in [5, 5.41) is 3.89. The van der Waals surface area contributed by atoms with Crippen LogP contribution in [0, 0.1) is 0 Å². The third-order valence-electron chi connectivity index (χ3n) is 7.09. The molecule has 33 heavy (non-hydrogen) atoms. The van der Waals surface area contributed by atoms with Gasteiger partial charge in [0.25, 0.3) is 11.8 Å². The van der Waals surface area contributed by atoms with E-state index in [1.807, 2.05) is 27.8 Å². The Hall–Kier alpha value is -3.55. The molecule has 3 aliphatic rings. The van der Waals surface area contributed by atoms with Crippen molar-refractivity contribution in [1.82, 2.24) is 14.4 Å². The zero-order valence-electron chi connectivity index (χ0n) is 19.2. The number of amides is 2. The van der Waals surface area contributed by atoms with Crippen LogP contribution in [0.1, 0.15) is 35.8 Å². The van der Waals surface area contributed by atoms with Crippen molar-refractivity contribution < 1.29 is 14.4 Å². The van der Waals surface area contributed by atoms with Crippen LogP contribution < -0.4 is 4.90 Å². The summed E-state index contributed by atoms with van der Waals surface area (Å²) in [6, 6.07) is 12.1. The maximum Gasteiger partial charge on any atom is 0.272 e. The molecule has 8 heteroatoms. The van der Waals surface area contributed by atoms with Crippen LogP contribution in [0.5, 0.6) is 0 Å². The molecule has 0 bridgehead atoms. The Labute approximate surface area is 193 Å². The summed E-state index contributed by atoms with van der Waals surface area (Å²) >= 11 is 0. The molecule has 2 fully saturated rings. The topological polar surface area (TPSA) is 70.4 Å². The van der Waals surface area contributed by atoms with Crippen molar-refractivity contribution in [2.45, 2.75) is 32.0 Å². The van der Waals surface area contributed by atoms with E-state index in [1.54, 1.807) is 11.8 Å². The van der Waals surface area contributed by atoms with E-state index in [2.05, 4.69) is 40.9 Å². The molecule has 1 aromatic carbocycles. The Morgan fingerprint density at radius 1 is 1.09 bits per heavy atom. The van der Waals surface area contributed by atoms with Crippen LogP contribution in [0.15, 0.2) is 59.9 Å².